The standard InChI is InChI=1S/C27H32N4O3/c1-27(2,3)34-18-31-16-8-11-20(31)17-29-26(33)24-23(14-7-15-28-24)30-25(32)22-13-6-10-19-9-4-5-12-21(19)22/h4-7,9-10,12-15,20H,8,11,16-18H2,1-3H3,(H,29,33)(H,30,32). The van der Waals surface area contributed by atoms with Crippen molar-refractivity contribution in [1.29, 1.82) is 0 Å². The summed E-state index contributed by atoms with van der Waals surface area (Å²) in [5.41, 5.74) is 0.930. The van der Waals surface area contributed by atoms with E-state index in [0.717, 1.165) is 30.2 Å². The Morgan fingerprint density at radius 2 is 1.85 bits per heavy atom. The van der Waals surface area contributed by atoms with E-state index in [1.54, 1.807) is 24.4 Å². The number of rotatable bonds is 7. The zero-order valence-electron chi connectivity index (χ0n) is 20.0. The van der Waals surface area contributed by atoms with Crippen molar-refractivity contribution in [3.05, 3.63) is 72.1 Å². The average Bonchev–Trinajstić information content (AvgIpc) is 3.28. The molecule has 1 saturated heterocycles. The monoisotopic (exact) mass is 460 g/mol. The van der Waals surface area contributed by atoms with Gasteiger partial charge in [-0.1, -0.05) is 36.4 Å². The molecule has 0 aliphatic carbocycles. The van der Waals surface area contributed by atoms with Gasteiger partial charge in [0, 0.05) is 30.9 Å². The molecule has 1 aromatic heterocycles. The molecule has 1 aliphatic heterocycles. The fourth-order valence-electron chi connectivity index (χ4n) is 4.17. The van der Waals surface area contributed by atoms with Crippen LogP contribution in [0.4, 0.5) is 5.69 Å². The third kappa shape index (κ3) is 5.79. The summed E-state index contributed by atoms with van der Waals surface area (Å²) in [6.07, 6.45) is 3.63. The van der Waals surface area contributed by atoms with Crippen LogP contribution in [-0.2, 0) is 4.74 Å². The van der Waals surface area contributed by atoms with E-state index in [1.165, 1.54) is 0 Å². The second-order valence-corrected chi connectivity index (χ2v) is 9.58. The highest BCUT2D eigenvalue weighted by Crippen LogP contribution is 2.22. The molecular formula is C27H32N4O3. The Morgan fingerprint density at radius 1 is 1.06 bits per heavy atom. The van der Waals surface area contributed by atoms with Crippen molar-refractivity contribution in [2.45, 2.75) is 45.3 Å². The van der Waals surface area contributed by atoms with Gasteiger partial charge in [0.1, 0.15) is 0 Å². The van der Waals surface area contributed by atoms with Crippen molar-refractivity contribution in [2.24, 2.45) is 0 Å². The second-order valence-electron chi connectivity index (χ2n) is 9.58. The molecule has 2 aromatic carbocycles. The van der Waals surface area contributed by atoms with Gasteiger partial charge in [-0.15, -0.1) is 0 Å². The van der Waals surface area contributed by atoms with Gasteiger partial charge in [-0.05, 0) is 62.6 Å². The van der Waals surface area contributed by atoms with Crippen LogP contribution in [0.25, 0.3) is 10.8 Å². The van der Waals surface area contributed by atoms with E-state index in [2.05, 4.69) is 20.5 Å². The number of nitrogens with one attached hydrogen (secondary N) is 2. The van der Waals surface area contributed by atoms with Crippen LogP contribution in [0.15, 0.2) is 60.8 Å². The summed E-state index contributed by atoms with van der Waals surface area (Å²) >= 11 is 0. The molecule has 1 fully saturated rings. The van der Waals surface area contributed by atoms with Gasteiger partial charge in [0.15, 0.2) is 5.69 Å². The summed E-state index contributed by atoms with van der Waals surface area (Å²) in [4.78, 5) is 32.6. The van der Waals surface area contributed by atoms with Crippen LogP contribution in [0.5, 0.6) is 0 Å². The fraction of sp³-hybridized carbons (Fsp3) is 0.370. The summed E-state index contributed by atoms with van der Waals surface area (Å²) < 4.78 is 5.92. The maximum atomic E-state index is 13.1. The van der Waals surface area contributed by atoms with E-state index >= 15 is 0 Å². The Balaban J connectivity index is 1.43. The molecule has 2 amide bonds. The number of carbonyl (C=O) groups excluding carboxylic acids is 2. The van der Waals surface area contributed by atoms with E-state index < -0.39 is 0 Å². The van der Waals surface area contributed by atoms with Gasteiger partial charge < -0.3 is 15.4 Å². The number of amides is 2. The number of hydrogen-bond donors (Lipinski definition) is 2. The molecule has 34 heavy (non-hydrogen) atoms. The first kappa shape index (κ1) is 23.9. The van der Waals surface area contributed by atoms with Gasteiger partial charge in [0.25, 0.3) is 11.8 Å². The molecule has 0 radical (unpaired) electrons. The smallest absolute Gasteiger partial charge is 0.272 e. The molecule has 0 saturated carbocycles. The third-order valence-electron chi connectivity index (χ3n) is 5.97. The molecule has 1 atom stereocenters. The molecule has 4 rings (SSSR count). The van der Waals surface area contributed by atoms with Crippen molar-refractivity contribution >= 4 is 28.3 Å². The van der Waals surface area contributed by atoms with E-state index in [0.29, 0.717) is 24.5 Å². The first-order chi connectivity index (χ1) is 16.3. The van der Waals surface area contributed by atoms with Crippen molar-refractivity contribution in [2.75, 3.05) is 25.1 Å². The summed E-state index contributed by atoms with van der Waals surface area (Å²) in [5.74, 6) is -0.586. The lowest BCUT2D eigenvalue weighted by molar-refractivity contribution is -0.0666. The van der Waals surface area contributed by atoms with Crippen LogP contribution < -0.4 is 10.6 Å². The molecule has 0 bridgehead atoms. The van der Waals surface area contributed by atoms with E-state index in [9.17, 15) is 9.59 Å². The number of hydrogen-bond acceptors (Lipinski definition) is 5. The largest absolute Gasteiger partial charge is 0.360 e. The van der Waals surface area contributed by atoms with Crippen LogP contribution in [0.1, 0.15) is 54.5 Å². The Kier molecular flexibility index (Phi) is 7.24. The van der Waals surface area contributed by atoms with E-state index in [-0.39, 0.29) is 29.2 Å². The fourth-order valence-corrected chi connectivity index (χ4v) is 4.17. The molecule has 0 spiro atoms. The van der Waals surface area contributed by atoms with Crippen LogP contribution >= 0.6 is 0 Å². The van der Waals surface area contributed by atoms with Crippen LogP contribution in [0, 0.1) is 0 Å². The zero-order chi connectivity index (χ0) is 24.1. The van der Waals surface area contributed by atoms with Crippen LogP contribution in [0.2, 0.25) is 0 Å². The first-order valence-electron chi connectivity index (χ1n) is 11.7. The number of carbonyl (C=O) groups is 2. The quantitative estimate of drug-likeness (QED) is 0.544. The second kappa shape index (κ2) is 10.3. The molecule has 3 aromatic rings. The summed E-state index contributed by atoms with van der Waals surface area (Å²) in [6.45, 7) is 8.10. The normalized spacial score (nSPS) is 16.5. The van der Waals surface area contributed by atoms with Crippen molar-refractivity contribution in [3.63, 3.8) is 0 Å². The Hall–Kier alpha value is -3.29. The minimum Gasteiger partial charge on any atom is -0.360 e. The van der Waals surface area contributed by atoms with Gasteiger partial charge in [-0.3, -0.25) is 14.5 Å². The predicted octanol–water partition coefficient (Wildman–Crippen LogP) is 4.45. The summed E-state index contributed by atoms with van der Waals surface area (Å²) in [7, 11) is 0. The first-order valence-corrected chi connectivity index (χ1v) is 11.7. The molecule has 2 heterocycles. The van der Waals surface area contributed by atoms with Gasteiger partial charge in [0.05, 0.1) is 18.0 Å². The number of pyridine rings is 1. The highest BCUT2D eigenvalue weighted by molar-refractivity contribution is 6.14. The molecular weight excluding hydrogens is 428 g/mol. The van der Waals surface area contributed by atoms with Gasteiger partial charge in [-0.2, -0.15) is 0 Å². The lowest BCUT2D eigenvalue weighted by atomic mass is 10.0. The van der Waals surface area contributed by atoms with Crippen LogP contribution in [0.3, 0.4) is 0 Å². The third-order valence-corrected chi connectivity index (χ3v) is 5.97. The van der Waals surface area contributed by atoms with E-state index in [1.807, 2.05) is 57.2 Å². The maximum absolute atomic E-state index is 13.1. The molecule has 1 unspecified atom stereocenters. The summed E-state index contributed by atoms with van der Waals surface area (Å²) in [5, 5.41) is 7.72. The number of benzene rings is 2. The number of likely N-dealkylation sites (tertiary alicyclic amines) is 1. The Bertz CT molecular complexity index is 1170. The highest BCUT2D eigenvalue weighted by atomic mass is 16.5. The summed E-state index contributed by atoms with van der Waals surface area (Å²) in [6, 6.07) is 16.9. The number of nitrogens with zero attached hydrogens (tertiary/aromatic N) is 2. The van der Waals surface area contributed by atoms with E-state index in [4.69, 9.17) is 4.74 Å². The number of anilines is 1. The molecule has 1 aliphatic rings. The maximum Gasteiger partial charge on any atom is 0.272 e. The number of aromatic nitrogens is 1. The predicted molar refractivity (Wildman–Crippen MR) is 134 cm³/mol. The lowest BCUT2D eigenvalue weighted by Crippen LogP contribution is -2.42. The SMILES string of the molecule is CC(C)(C)OCN1CCCC1CNC(=O)c1ncccc1NC(=O)c1cccc2ccccc12. The number of ether oxygens (including phenoxy) is 1. The lowest BCUT2D eigenvalue weighted by Gasteiger charge is -2.28. The van der Waals surface area contributed by atoms with Gasteiger partial charge in [0.2, 0.25) is 0 Å². The highest BCUT2D eigenvalue weighted by Gasteiger charge is 2.27. The zero-order valence-corrected chi connectivity index (χ0v) is 20.0. The average molecular weight is 461 g/mol. The Morgan fingerprint density at radius 3 is 2.68 bits per heavy atom. The van der Waals surface area contributed by atoms with Crippen molar-refractivity contribution in [3.8, 4) is 0 Å². The van der Waals surface area contributed by atoms with Crippen molar-refractivity contribution < 1.29 is 14.3 Å². The minimum atomic E-state index is -0.308. The molecule has 7 nitrogen and oxygen atoms in total. The van der Waals surface area contributed by atoms with Crippen molar-refractivity contribution in [1.82, 2.24) is 15.2 Å². The molecule has 7 heteroatoms. The van der Waals surface area contributed by atoms with Crippen LogP contribution in [-0.4, -0.2) is 53.2 Å². The van der Waals surface area contributed by atoms with Gasteiger partial charge in [-0.25, -0.2) is 4.98 Å². The van der Waals surface area contributed by atoms with Gasteiger partial charge >= 0.3 is 0 Å². The topological polar surface area (TPSA) is 83.6 Å². The number of fused-ring (bicyclic) bond motifs is 1. The minimum absolute atomic E-state index is 0.201. The molecule has 178 valence electrons. The molecule has 2 N–H and O–H groups in total. The Labute approximate surface area is 200 Å².